The fourth-order valence-corrected chi connectivity index (χ4v) is 2.50. The quantitative estimate of drug-likeness (QED) is 0.450. The zero-order chi connectivity index (χ0) is 13.5. The largest absolute Gasteiger partial charge is 0.407 e. The lowest BCUT2D eigenvalue weighted by molar-refractivity contribution is 0.245. The van der Waals surface area contributed by atoms with E-state index in [4.69, 9.17) is 32.2 Å². The zero-order valence-corrected chi connectivity index (χ0v) is 13.3. The Balaban J connectivity index is 0.000000301. The molecule has 4 nitrogen and oxygen atoms in total. The van der Waals surface area contributed by atoms with E-state index in [1.807, 2.05) is 6.92 Å². The maximum absolute atomic E-state index is 11.4. The van der Waals surface area contributed by atoms with Gasteiger partial charge in [-0.3, -0.25) is 9.05 Å². The number of hydrogen-bond acceptors (Lipinski definition) is 3. The molecule has 1 saturated carbocycles. The molecular formula is C10H22Cl2NO3P. The summed E-state index contributed by atoms with van der Waals surface area (Å²) in [6.45, 7) is 5.06. The van der Waals surface area contributed by atoms with Gasteiger partial charge in [-0.2, -0.15) is 0 Å². The number of alkyl halides is 2. The van der Waals surface area contributed by atoms with Gasteiger partial charge in [-0.25, -0.2) is 9.24 Å². The van der Waals surface area contributed by atoms with E-state index in [0.717, 1.165) is 12.5 Å². The number of hydrogen-bond donors (Lipinski definition) is 0. The van der Waals surface area contributed by atoms with Crippen molar-refractivity contribution in [2.24, 2.45) is 5.92 Å². The average Bonchev–Trinajstić information content (AvgIpc) is 3.20. The molecule has 2 atom stereocenters. The third kappa shape index (κ3) is 7.66. The molecule has 2 aliphatic rings. The topological polar surface area (TPSA) is 38.5 Å². The Morgan fingerprint density at radius 3 is 1.59 bits per heavy atom. The molecule has 2 fully saturated rings. The summed E-state index contributed by atoms with van der Waals surface area (Å²) in [6.07, 6.45) is 2.97. The van der Waals surface area contributed by atoms with E-state index in [9.17, 15) is 4.57 Å². The molecule has 0 bridgehead atoms. The Morgan fingerprint density at radius 2 is 1.53 bits per heavy atom. The van der Waals surface area contributed by atoms with Crippen LogP contribution in [0.5, 0.6) is 0 Å². The molecule has 7 heteroatoms. The first-order chi connectivity index (χ1) is 7.95. The molecule has 0 aromatic heterocycles. The van der Waals surface area contributed by atoms with Crippen LogP contribution in [0.25, 0.3) is 0 Å². The highest BCUT2D eigenvalue weighted by molar-refractivity contribution is 7.51. The average molecular weight is 306 g/mol. The van der Waals surface area contributed by atoms with E-state index in [1.165, 1.54) is 27.1 Å². The molecule has 0 amide bonds. The van der Waals surface area contributed by atoms with E-state index < -0.39 is 7.75 Å². The molecule has 1 aliphatic heterocycles. The smallest absolute Gasteiger partial charge is 0.300 e. The summed E-state index contributed by atoms with van der Waals surface area (Å²) in [6, 6.07) is 0.339. The van der Waals surface area contributed by atoms with E-state index >= 15 is 0 Å². The highest BCUT2D eigenvalue weighted by atomic mass is 35.5. The van der Waals surface area contributed by atoms with Crippen molar-refractivity contribution in [3.63, 3.8) is 0 Å². The maximum atomic E-state index is 11.4. The second-order valence-electron chi connectivity index (χ2n) is 4.09. The van der Waals surface area contributed by atoms with Crippen LogP contribution < -0.4 is 0 Å². The standard InChI is InChI=1S/C5H12NO3P.C4H8.CH2Cl2/c1-5-4-6(5)10(7,8-2)9-3;1-4-2-3-4;2-1-3/h5H,4H2,1-3H3;4H,2-3H2,1H3;1H2. The monoisotopic (exact) mass is 305 g/mol. The van der Waals surface area contributed by atoms with E-state index in [2.05, 4.69) is 6.92 Å². The van der Waals surface area contributed by atoms with Crippen molar-refractivity contribution in [1.29, 1.82) is 0 Å². The van der Waals surface area contributed by atoms with E-state index in [1.54, 1.807) is 4.67 Å². The van der Waals surface area contributed by atoms with Crippen molar-refractivity contribution in [3.8, 4) is 0 Å². The molecule has 1 aliphatic carbocycles. The first kappa shape index (κ1) is 17.7. The third-order valence-electron chi connectivity index (χ3n) is 2.47. The fourth-order valence-electron chi connectivity index (χ4n) is 1.02. The van der Waals surface area contributed by atoms with Crippen LogP contribution in [-0.4, -0.2) is 36.8 Å². The van der Waals surface area contributed by atoms with Crippen molar-refractivity contribution >= 4 is 30.9 Å². The molecule has 0 aromatic carbocycles. The molecule has 104 valence electrons. The van der Waals surface area contributed by atoms with E-state index in [-0.39, 0.29) is 5.34 Å². The highest BCUT2D eigenvalue weighted by Crippen LogP contribution is 2.56. The highest BCUT2D eigenvalue weighted by Gasteiger charge is 2.45. The Bertz CT molecular complexity index is 244. The lowest BCUT2D eigenvalue weighted by Crippen LogP contribution is -2.00. The van der Waals surface area contributed by atoms with Crippen molar-refractivity contribution in [2.45, 2.75) is 32.7 Å². The molecule has 1 saturated heterocycles. The van der Waals surface area contributed by atoms with Gasteiger partial charge in [0.15, 0.2) is 0 Å². The van der Waals surface area contributed by atoms with Gasteiger partial charge in [-0.05, 0) is 12.8 Å². The second-order valence-corrected chi connectivity index (χ2v) is 7.08. The van der Waals surface area contributed by atoms with Crippen molar-refractivity contribution < 1.29 is 13.6 Å². The van der Waals surface area contributed by atoms with Crippen LogP contribution in [0.2, 0.25) is 0 Å². The van der Waals surface area contributed by atoms with Gasteiger partial charge in [-0.15, -0.1) is 23.2 Å². The van der Waals surface area contributed by atoms with Crippen LogP contribution in [0.1, 0.15) is 26.7 Å². The van der Waals surface area contributed by atoms with Gasteiger partial charge < -0.3 is 0 Å². The first-order valence-corrected chi connectivity index (χ1v) is 8.12. The van der Waals surface area contributed by atoms with Crippen molar-refractivity contribution in [3.05, 3.63) is 0 Å². The summed E-state index contributed by atoms with van der Waals surface area (Å²) in [5.41, 5.74) is 0. The Kier molecular flexibility index (Phi) is 9.09. The lowest BCUT2D eigenvalue weighted by atomic mass is 10.5. The van der Waals surface area contributed by atoms with Crippen LogP contribution in [0.3, 0.4) is 0 Å². The van der Waals surface area contributed by atoms with Gasteiger partial charge in [0, 0.05) is 26.8 Å². The van der Waals surface area contributed by atoms with E-state index in [0.29, 0.717) is 6.04 Å². The van der Waals surface area contributed by atoms with Crippen LogP contribution in [0.15, 0.2) is 0 Å². The normalized spacial score (nSPS) is 26.2. The van der Waals surface area contributed by atoms with Gasteiger partial charge >= 0.3 is 7.75 Å². The van der Waals surface area contributed by atoms with Crippen molar-refractivity contribution in [2.75, 3.05) is 26.1 Å². The predicted molar refractivity (Wildman–Crippen MR) is 72.8 cm³/mol. The fraction of sp³-hybridized carbons (Fsp3) is 1.00. The minimum absolute atomic E-state index is 0.194. The summed E-state index contributed by atoms with van der Waals surface area (Å²) in [4.78, 5) is 0. The molecule has 1 heterocycles. The summed E-state index contributed by atoms with van der Waals surface area (Å²) in [5.74, 6) is 1.08. The summed E-state index contributed by atoms with van der Waals surface area (Å²) in [7, 11) is -0.0685. The molecule has 2 rings (SSSR count). The number of rotatable bonds is 3. The first-order valence-electron chi connectivity index (χ1n) is 5.55. The number of nitrogens with zero attached hydrogens (tertiary/aromatic N) is 1. The van der Waals surface area contributed by atoms with Crippen LogP contribution in [-0.2, 0) is 13.6 Å². The van der Waals surface area contributed by atoms with Gasteiger partial charge in [0.05, 0.1) is 5.34 Å². The van der Waals surface area contributed by atoms with Crippen molar-refractivity contribution in [1.82, 2.24) is 4.67 Å². The van der Waals surface area contributed by atoms with Gasteiger partial charge in [0.25, 0.3) is 0 Å². The second kappa shape index (κ2) is 8.73. The Morgan fingerprint density at radius 1 is 1.24 bits per heavy atom. The molecular weight excluding hydrogens is 284 g/mol. The summed E-state index contributed by atoms with van der Waals surface area (Å²) >= 11 is 9.53. The van der Waals surface area contributed by atoms with Gasteiger partial charge in [0.2, 0.25) is 0 Å². The zero-order valence-electron chi connectivity index (χ0n) is 10.9. The SMILES string of the molecule is CC1CC1.COP(=O)(OC)N1CC1C.ClCCl. The van der Waals surface area contributed by atoms with Crippen LogP contribution >= 0.6 is 30.9 Å². The minimum Gasteiger partial charge on any atom is -0.300 e. The lowest BCUT2D eigenvalue weighted by Gasteiger charge is -2.13. The predicted octanol–water partition coefficient (Wildman–Crippen LogP) is 3.93. The molecule has 2 unspecified atom stereocenters. The summed E-state index contributed by atoms with van der Waals surface area (Å²) in [5, 5.41) is 0.194. The van der Waals surface area contributed by atoms with Crippen LogP contribution in [0.4, 0.5) is 0 Å². The molecule has 0 spiro atoms. The maximum Gasteiger partial charge on any atom is 0.407 e. The molecule has 17 heavy (non-hydrogen) atoms. The Labute approximate surface area is 114 Å². The Hall–Kier alpha value is 0.690. The molecule has 0 radical (unpaired) electrons. The molecule has 0 N–H and O–H groups in total. The van der Waals surface area contributed by atoms with Crippen LogP contribution in [0, 0.1) is 5.92 Å². The van der Waals surface area contributed by atoms with Gasteiger partial charge in [0.1, 0.15) is 0 Å². The molecule has 0 aromatic rings. The third-order valence-corrected chi connectivity index (χ3v) is 4.58. The minimum atomic E-state index is -2.86. The summed E-state index contributed by atoms with van der Waals surface area (Å²) < 4.78 is 22.6. The van der Waals surface area contributed by atoms with Gasteiger partial charge in [-0.1, -0.05) is 19.8 Å². The number of halogens is 2.